The summed E-state index contributed by atoms with van der Waals surface area (Å²) in [5, 5.41) is 2.04. The highest BCUT2D eigenvalue weighted by atomic mass is 19.4. The molecule has 0 aliphatic heterocycles. The summed E-state index contributed by atoms with van der Waals surface area (Å²) >= 11 is 0. The minimum absolute atomic E-state index is 0.0745. The average molecular weight is 353 g/mol. The van der Waals surface area contributed by atoms with Gasteiger partial charge >= 0.3 is 6.18 Å². The smallest absolute Gasteiger partial charge is 0.416 e. The van der Waals surface area contributed by atoms with Gasteiger partial charge in [0.05, 0.1) is 12.1 Å². The zero-order chi connectivity index (χ0) is 18.4. The Morgan fingerprint density at radius 3 is 2.44 bits per heavy atom. The van der Waals surface area contributed by atoms with Crippen LogP contribution in [0.2, 0.25) is 0 Å². The number of carbonyl (C=O) groups excluding carboxylic acids is 2. The van der Waals surface area contributed by atoms with Gasteiger partial charge in [-0.05, 0) is 29.8 Å². The maximum atomic E-state index is 12.5. The van der Waals surface area contributed by atoms with Crippen LogP contribution >= 0.6 is 0 Å². The fraction of sp³-hybridized carbons (Fsp3) is 0.188. The Morgan fingerprint density at radius 2 is 1.84 bits per heavy atom. The van der Waals surface area contributed by atoms with E-state index in [9.17, 15) is 22.8 Å². The summed E-state index contributed by atoms with van der Waals surface area (Å²) in [6.45, 7) is -0.435. The van der Waals surface area contributed by atoms with E-state index in [4.69, 9.17) is 10.5 Å². The normalized spacial score (nSPS) is 11.0. The second-order valence-corrected chi connectivity index (χ2v) is 4.91. The number of ether oxygens (including phenoxy) is 1. The first-order valence-corrected chi connectivity index (χ1v) is 7.09. The molecular formula is C16H14F3N3O3. The number of nitrogens with zero attached hydrogens (tertiary/aromatic N) is 1. The number of benzene rings is 1. The standard InChI is InChI=1S/C16H14F3N3O3/c17-16(18,19)11-5-3-10(4-6-11)9-25-12-2-1-7-21-14(12)15(24)22-13(23)8-20/h1-7H,8-9,20H2,(H,22,23,24). The lowest BCUT2D eigenvalue weighted by Gasteiger charge is -2.11. The van der Waals surface area contributed by atoms with E-state index < -0.39 is 23.6 Å². The summed E-state index contributed by atoms with van der Waals surface area (Å²) < 4.78 is 43.0. The van der Waals surface area contributed by atoms with Crippen molar-refractivity contribution in [2.24, 2.45) is 5.73 Å². The lowest BCUT2D eigenvalue weighted by atomic mass is 10.1. The Kier molecular flexibility index (Phi) is 5.71. The molecule has 0 aliphatic carbocycles. The molecule has 0 unspecified atom stereocenters. The largest absolute Gasteiger partial charge is 0.486 e. The SMILES string of the molecule is NCC(=O)NC(=O)c1ncccc1OCc1ccc(C(F)(F)F)cc1. The molecule has 2 amide bonds. The number of alkyl halides is 3. The molecule has 0 bridgehead atoms. The lowest BCUT2D eigenvalue weighted by Crippen LogP contribution is -2.36. The van der Waals surface area contributed by atoms with E-state index in [-0.39, 0.29) is 24.6 Å². The van der Waals surface area contributed by atoms with Gasteiger partial charge < -0.3 is 10.5 Å². The lowest BCUT2D eigenvalue weighted by molar-refractivity contribution is -0.137. The van der Waals surface area contributed by atoms with Gasteiger partial charge in [-0.15, -0.1) is 0 Å². The third kappa shape index (κ3) is 5.01. The molecule has 9 heteroatoms. The summed E-state index contributed by atoms with van der Waals surface area (Å²) in [6, 6.07) is 7.40. The molecule has 0 radical (unpaired) electrons. The van der Waals surface area contributed by atoms with E-state index in [1.54, 1.807) is 0 Å². The van der Waals surface area contributed by atoms with Crippen molar-refractivity contribution in [2.75, 3.05) is 6.54 Å². The zero-order valence-electron chi connectivity index (χ0n) is 12.8. The Labute approximate surface area is 140 Å². The topological polar surface area (TPSA) is 94.3 Å². The number of nitrogens with two attached hydrogens (primary N) is 1. The number of aromatic nitrogens is 1. The van der Waals surface area contributed by atoms with Crippen molar-refractivity contribution in [3.05, 3.63) is 59.4 Å². The van der Waals surface area contributed by atoms with Crippen molar-refractivity contribution in [1.82, 2.24) is 10.3 Å². The van der Waals surface area contributed by atoms with Gasteiger partial charge in [0, 0.05) is 6.20 Å². The molecule has 0 atom stereocenters. The van der Waals surface area contributed by atoms with Gasteiger partial charge in [-0.1, -0.05) is 12.1 Å². The monoisotopic (exact) mass is 353 g/mol. The van der Waals surface area contributed by atoms with Crippen LogP contribution in [0.25, 0.3) is 0 Å². The van der Waals surface area contributed by atoms with E-state index in [0.29, 0.717) is 5.56 Å². The summed E-state index contributed by atoms with van der Waals surface area (Å²) in [5.74, 6) is -1.37. The fourth-order valence-electron chi connectivity index (χ4n) is 1.87. The minimum atomic E-state index is -4.41. The number of carbonyl (C=O) groups is 2. The van der Waals surface area contributed by atoms with E-state index >= 15 is 0 Å². The molecule has 0 saturated heterocycles. The molecule has 6 nitrogen and oxygen atoms in total. The summed E-state index contributed by atoms with van der Waals surface area (Å²) in [4.78, 5) is 27.0. The van der Waals surface area contributed by atoms with Crippen LogP contribution < -0.4 is 15.8 Å². The number of hydrogen-bond donors (Lipinski definition) is 2. The summed E-state index contributed by atoms with van der Waals surface area (Å²) in [6.07, 6.45) is -3.07. The van der Waals surface area contributed by atoms with Crippen LogP contribution in [0.1, 0.15) is 21.6 Å². The number of rotatable bonds is 5. The molecule has 1 heterocycles. The van der Waals surface area contributed by atoms with Gasteiger partial charge in [0.15, 0.2) is 11.4 Å². The summed E-state index contributed by atoms with van der Waals surface area (Å²) in [5.41, 5.74) is 4.70. The first kappa shape index (κ1) is 18.4. The van der Waals surface area contributed by atoms with Crippen LogP contribution in [0.15, 0.2) is 42.6 Å². The summed E-state index contributed by atoms with van der Waals surface area (Å²) in [7, 11) is 0. The molecule has 2 aromatic rings. The second kappa shape index (κ2) is 7.75. The molecule has 132 valence electrons. The maximum Gasteiger partial charge on any atom is 0.416 e. The Bertz CT molecular complexity index is 761. The molecule has 0 aliphatic rings. The first-order valence-electron chi connectivity index (χ1n) is 7.09. The predicted octanol–water partition coefficient (Wildman–Crippen LogP) is 1.89. The van der Waals surface area contributed by atoms with Gasteiger partial charge in [0.25, 0.3) is 5.91 Å². The van der Waals surface area contributed by atoms with Crippen molar-refractivity contribution in [1.29, 1.82) is 0 Å². The van der Waals surface area contributed by atoms with Gasteiger partial charge in [-0.25, -0.2) is 4.98 Å². The third-order valence-electron chi connectivity index (χ3n) is 3.10. The number of nitrogens with one attached hydrogen (secondary N) is 1. The van der Waals surface area contributed by atoms with Gasteiger partial charge in [-0.2, -0.15) is 13.2 Å². The Hall–Kier alpha value is -2.94. The number of amides is 2. The first-order chi connectivity index (χ1) is 11.8. The van der Waals surface area contributed by atoms with Crippen molar-refractivity contribution in [2.45, 2.75) is 12.8 Å². The van der Waals surface area contributed by atoms with E-state index in [1.807, 2.05) is 5.32 Å². The highest BCUT2D eigenvalue weighted by Crippen LogP contribution is 2.29. The van der Waals surface area contributed by atoms with Crippen molar-refractivity contribution in [3.8, 4) is 5.75 Å². The number of pyridine rings is 1. The quantitative estimate of drug-likeness (QED) is 0.856. The van der Waals surface area contributed by atoms with E-state index in [1.165, 1.54) is 30.5 Å². The molecule has 1 aromatic carbocycles. The van der Waals surface area contributed by atoms with Crippen LogP contribution in [-0.2, 0) is 17.6 Å². The van der Waals surface area contributed by atoms with Crippen LogP contribution in [0, 0.1) is 0 Å². The minimum Gasteiger partial charge on any atom is -0.486 e. The average Bonchev–Trinajstić information content (AvgIpc) is 2.59. The number of hydrogen-bond acceptors (Lipinski definition) is 5. The van der Waals surface area contributed by atoms with Crippen LogP contribution in [0.3, 0.4) is 0 Å². The molecule has 3 N–H and O–H groups in total. The molecular weight excluding hydrogens is 339 g/mol. The molecule has 2 rings (SSSR count). The van der Waals surface area contributed by atoms with Gasteiger partial charge in [0.1, 0.15) is 6.61 Å². The third-order valence-corrected chi connectivity index (χ3v) is 3.10. The molecule has 25 heavy (non-hydrogen) atoms. The van der Waals surface area contributed by atoms with Gasteiger partial charge in [0.2, 0.25) is 5.91 Å². The van der Waals surface area contributed by atoms with E-state index in [0.717, 1.165) is 12.1 Å². The predicted molar refractivity (Wildman–Crippen MR) is 81.5 cm³/mol. The zero-order valence-corrected chi connectivity index (χ0v) is 12.8. The van der Waals surface area contributed by atoms with Gasteiger partial charge in [-0.3, -0.25) is 14.9 Å². The van der Waals surface area contributed by atoms with Crippen molar-refractivity contribution < 1.29 is 27.5 Å². The van der Waals surface area contributed by atoms with Crippen molar-refractivity contribution in [3.63, 3.8) is 0 Å². The highest BCUT2D eigenvalue weighted by Gasteiger charge is 2.29. The van der Waals surface area contributed by atoms with Crippen molar-refractivity contribution >= 4 is 11.8 Å². The van der Waals surface area contributed by atoms with Crippen LogP contribution in [0.5, 0.6) is 5.75 Å². The molecule has 0 saturated carbocycles. The number of halogens is 3. The Morgan fingerprint density at radius 1 is 1.16 bits per heavy atom. The molecule has 1 aromatic heterocycles. The number of imide groups is 1. The highest BCUT2D eigenvalue weighted by molar-refractivity contribution is 6.05. The second-order valence-electron chi connectivity index (χ2n) is 4.91. The van der Waals surface area contributed by atoms with Crippen LogP contribution in [0.4, 0.5) is 13.2 Å². The fourth-order valence-corrected chi connectivity index (χ4v) is 1.87. The molecule has 0 fully saturated rings. The van der Waals surface area contributed by atoms with E-state index in [2.05, 4.69) is 4.98 Å². The molecule has 0 spiro atoms. The Balaban J connectivity index is 2.08. The van der Waals surface area contributed by atoms with Crippen LogP contribution in [-0.4, -0.2) is 23.3 Å². The maximum absolute atomic E-state index is 12.5.